The van der Waals surface area contributed by atoms with Gasteiger partial charge in [-0.25, -0.2) is 0 Å². The van der Waals surface area contributed by atoms with Crippen molar-refractivity contribution in [2.24, 2.45) is 0 Å². The van der Waals surface area contributed by atoms with Crippen LogP contribution in [0.4, 0.5) is 11.4 Å². The highest BCUT2D eigenvalue weighted by molar-refractivity contribution is 9.10. The Labute approximate surface area is 162 Å². The number of halogens is 1. The van der Waals surface area contributed by atoms with Crippen molar-refractivity contribution in [1.82, 2.24) is 14.8 Å². The van der Waals surface area contributed by atoms with E-state index in [0.29, 0.717) is 5.75 Å². The largest absolute Gasteiger partial charge is 0.455 e. The molecule has 1 aromatic carbocycles. The van der Waals surface area contributed by atoms with Crippen LogP contribution in [0.5, 0.6) is 11.5 Å². The van der Waals surface area contributed by atoms with Gasteiger partial charge in [0.1, 0.15) is 18.0 Å². The molecule has 0 atom stereocenters. The lowest BCUT2D eigenvalue weighted by Crippen LogP contribution is -2.19. The van der Waals surface area contributed by atoms with Crippen molar-refractivity contribution in [2.45, 2.75) is 13.5 Å². The molecule has 0 aliphatic rings. The van der Waals surface area contributed by atoms with Gasteiger partial charge in [-0.3, -0.25) is 24.6 Å². The zero-order chi connectivity index (χ0) is 19.4. The Morgan fingerprint density at radius 2 is 2.19 bits per heavy atom. The second-order valence-corrected chi connectivity index (χ2v) is 6.43. The van der Waals surface area contributed by atoms with Gasteiger partial charge in [-0.05, 0) is 35.0 Å². The number of aromatic nitrogens is 3. The Balaban J connectivity index is 1.79. The average Bonchev–Trinajstić information content (AvgIpc) is 2.92. The molecular formula is C17H14BrN5O4. The van der Waals surface area contributed by atoms with Gasteiger partial charge in [-0.15, -0.1) is 0 Å². The summed E-state index contributed by atoms with van der Waals surface area (Å²) < 4.78 is 7.85. The Bertz CT molecular complexity index is 971. The first kappa shape index (κ1) is 18.5. The van der Waals surface area contributed by atoms with Crippen LogP contribution in [0.3, 0.4) is 0 Å². The van der Waals surface area contributed by atoms with Crippen molar-refractivity contribution < 1.29 is 14.5 Å². The Kier molecular flexibility index (Phi) is 5.46. The monoisotopic (exact) mass is 431 g/mol. The van der Waals surface area contributed by atoms with Gasteiger partial charge >= 0.3 is 0 Å². The third kappa shape index (κ3) is 4.88. The number of non-ortho nitro benzene ring substituents is 1. The van der Waals surface area contributed by atoms with E-state index in [4.69, 9.17) is 4.74 Å². The molecule has 138 valence electrons. The lowest BCUT2D eigenvalue weighted by Gasteiger charge is -2.09. The minimum Gasteiger partial charge on any atom is -0.455 e. The van der Waals surface area contributed by atoms with Crippen molar-refractivity contribution in [2.75, 3.05) is 5.32 Å². The van der Waals surface area contributed by atoms with Crippen molar-refractivity contribution >= 4 is 33.2 Å². The number of hydrogen-bond acceptors (Lipinski definition) is 6. The molecule has 10 heteroatoms. The molecule has 0 saturated carbocycles. The van der Waals surface area contributed by atoms with Crippen molar-refractivity contribution in [1.29, 1.82) is 0 Å². The van der Waals surface area contributed by atoms with E-state index in [1.165, 1.54) is 29.1 Å². The third-order valence-electron chi connectivity index (χ3n) is 3.45. The van der Waals surface area contributed by atoms with Gasteiger partial charge in [0.15, 0.2) is 0 Å². The zero-order valence-electron chi connectivity index (χ0n) is 14.1. The average molecular weight is 432 g/mol. The number of nitrogens with zero attached hydrogens (tertiary/aromatic N) is 4. The molecule has 1 N–H and O–H groups in total. The molecule has 27 heavy (non-hydrogen) atoms. The van der Waals surface area contributed by atoms with Gasteiger partial charge in [0, 0.05) is 24.5 Å². The minimum atomic E-state index is -0.556. The number of pyridine rings is 1. The maximum absolute atomic E-state index is 12.2. The normalized spacial score (nSPS) is 10.4. The summed E-state index contributed by atoms with van der Waals surface area (Å²) >= 11 is 3.33. The minimum absolute atomic E-state index is 0.0338. The van der Waals surface area contributed by atoms with Crippen molar-refractivity contribution in [3.8, 4) is 11.5 Å². The van der Waals surface area contributed by atoms with Gasteiger partial charge in [-0.1, -0.05) is 0 Å². The molecule has 9 nitrogen and oxygen atoms in total. The summed E-state index contributed by atoms with van der Waals surface area (Å²) in [6.45, 7) is 1.77. The summed E-state index contributed by atoms with van der Waals surface area (Å²) in [5.41, 5.74) is 0.797. The molecular weight excluding hydrogens is 418 g/mol. The van der Waals surface area contributed by atoms with E-state index in [1.807, 2.05) is 0 Å². The fourth-order valence-electron chi connectivity index (χ4n) is 2.29. The number of amides is 1. The smallest absolute Gasteiger partial charge is 0.275 e. The number of ether oxygens (including phenoxy) is 1. The first-order valence-corrected chi connectivity index (χ1v) is 8.57. The number of nitrogens with one attached hydrogen (secondary N) is 1. The lowest BCUT2D eigenvalue weighted by atomic mass is 10.2. The van der Waals surface area contributed by atoms with Crippen LogP contribution < -0.4 is 10.1 Å². The van der Waals surface area contributed by atoms with Crippen LogP contribution in [0, 0.1) is 17.0 Å². The van der Waals surface area contributed by atoms with Gasteiger partial charge in [0.05, 0.1) is 33.0 Å². The summed E-state index contributed by atoms with van der Waals surface area (Å²) in [6.07, 6.45) is 4.75. The van der Waals surface area contributed by atoms with E-state index in [1.54, 1.807) is 31.5 Å². The van der Waals surface area contributed by atoms with Crippen LogP contribution in [0.1, 0.15) is 5.69 Å². The zero-order valence-corrected chi connectivity index (χ0v) is 15.7. The van der Waals surface area contributed by atoms with E-state index < -0.39 is 4.92 Å². The van der Waals surface area contributed by atoms with Crippen LogP contribution in [-0.2, 0) is 11.3 Å². The van der Waals surface area contributed by atoms with E-state index in [-0.39, 0.29) is 29.6 Å². The maximum atomic E-state index is 12.2. The Morgan fingerprint density at radius 3 is 2.81 bits per heavy atom. The number of rotatable bonds is 6. The molecule has 0 aliphatic heterocycles. The summed E-state index contributed by atoms with van der Waals surface area (Å²) in [5.74, 6) is 0.259. The van der Waals surface area contributed by atoms with Crippen LogP contribution in [-0.4, -0.2) is 25.6 Å². The topological polar surface area (TPSA) is 112 Å². The van der Waals surface area contributed by atoms with E-state index >= 15 is 0 Å². The lowest BCUT2D eigenvalue weighted by molar-refractivity contribution is -0.384. The number of carbonyl (C=O) groups excluding carboxylic acids is 1. The maximum Gasteiger partial charge on any atom is 0.275 e. The van der Waals surface area contributed by atoms with Crippen LogP contribution >= 0.6 is 15.9 Å². The SMILES string of the molecule is Cc1nn(CC(=O)Nc2cc(Oc3cccnc3)cc([N+](=O)[O-])c2)cc1Br. The number of hydrogen-bond donors (Lipinski definition) is 1. The molecule has 3 aromatic rings. The first-order chi connectivity index (χ1) is 12.9. The summed E-state index contributed by atoms with van der Waals surface area (Å²) in [7, 11) is 0. The Hall–Kier alpha value is -3.27. The number of carbonyl (C=O) groups is 1. The first-order valence-electron chi connectivity index (χ1n) is 7.77. The molecule has 0 radical (unpaired) electrons. The third-order valence-corrected chi connectivity index (χ3v) is 4.23. The van der Waals surface area contributed by atoms with E-state index in [2.05, 4.69) is 31.3 Å². The predicted octanol–water partition coefficient (Wildman–Crippen LogP) is 3.69. The number of nitro groups is 1. The number of aryl methyl sites for hydroxylation is 1. The molecule has 0 aliphatic carbocycles. The van der Waals surface area contributed by atoms with Gasteiger partial charge in [-0.2, -0.15) is 5.10 Å². The summed E-state index contributed by atoms with van der Waals surface area (Å²) in [4.78, 5) is 26.8. The summed E-state index contributed by atoms with van der Waals surface area (Å²) in [5, 5.41) is 18.0. The van der Waals surface area contributed by atoms with Crippen LogP contribution in [0.15, 0.2) is 53.4 Å². The molecule has 2 heterocycles. The van der Waals surface area contributed by atoms with Crippen LogP contribution in [0.2, 0.25) is 0 Å². The van der Waals surface area contributed by atoms with E-state index in [0.717, 1.165) is 10.2 Å². The molecule has 0 saturated heterocycles. The van der Waals surface area contributed by atoms with Crippen molar-refractivity contribution in [3.63, 3.8) is 0 Å². The molecule has 0 unspecified atom stereocenters. The van der Waals surface area contributed by atoms with Crippen molar-refractivity contribution in [3.05, 3.63) is 69.2 Å². The van der Waals surface area contributed by atoms with Gasteiger partial charge in [0.2, 0.25) is 5.91 Å². The van der Waals surface area contributed by atoms with E-state index in [9.17, 15) is 14.9 Å². The molecule has 1 amide bonds. The predicted molar refractivity (Wildman–Crippen MR) is 101 cm³/mol. The second-order valence-electron chi connectivity index (χ2n) is 5.57. The molecule has 2 aromatic heterocycles. The number of anilines is 1. The molecule has 3 rings (SSSR count). The Morgan fingerprint density at radius 1 is 1.37 bits per heavy atom. The fraction of sp³-hybridized carbons (Fsp3) is 0.118. The molecule has 0 bridgehead atoms. The van der Waals surface area contributed by atoms with Gasteiger partial charge < -0.3 is 10.1 Å². The number of nitro benzene ring substituents is 1. The number of benzene rings is 1. The fourth-order valence-corrected chi connectivity index (χ4v) is 2.60. The summed E-state index contributed by atoms with van der Waals surface area (Å²) in [6, 6.07) is 7.39. The highest BCUT2D eigenvalue weighted by atomic mass is 79.9. The second kappa shape index (κ2) is 7.96. The highest BCUT2D eigenvalue weighted by Crippen LogP contribution is 2.29. The highest BCUT2D eigenvalue weighted by Gasteiger charge is 2.14. The molecule has 0 spiro atoms. The quantitative estimate of drug-likeness (QED) is 0.470. The van der Waals surface area contributed by atoms with Crippen LogP contribution in [0.25, 0.3) is 0 Å². The standard InChI is InChI=1S/C17H14BrN5O4/c1-11-16(18)9-22(21-11)10-17(24)20-12-5-13(23(25)26)7-15(6-12)27-14-3-2-4-19-8-14/h2-9H,10H2,1H3,(H,20,24). The molecule has 0 fully saturated rings. The van der Waals surface area contributed by atoms with Gasteiger partial charge in [0.25, 0.3) is 5.69 Å².